The van der Waals surface area contributed by atoms with Gasteiger partial charge in [-0.1, -0.05) is 41.9 Å². The molecule has 1 aliphatic rings. The maximum Gasteiger partial charge on any atom is 0.341 e. The lowest BCUT2D eigenvalue weighted by Gasteiger charge is -2.23. The Kier molecular flexibility index (Phi) is 6.35. The average molecular weight is 427 g/mol. The maximum atomic E-state index is 10.9. The smallest absolute Gasteiger partial charge is 0.341 e. The third-order valence-electron chi connectivity index (χ3n) is 5.21. The van der Waals surface area contributed by atoms with E-state index in [0.717, 1.165) is 42.2 Å². The highest BCUT2D eigenvalue weighted by Crippen LogP contribution is 2.34. The Bertz CT molecular complexity index is 1000. The van der Waals surface area contributed by atoms with Gasteiger partial charge in [-0.2, -0.15) is 0 Å². The summed E-state index contributed by atoms with van der Waals surface area (Å²) in [4.78, 5) is 17.7. The van der Waals surface area contributed by atoms with E-state index in [2.05, 4.69) is 9.88 Å². The fourth-order valence-corrected chi connectivity index (χ4v) is 3.92. The number of aromatic nitrogens is 1. The predicted octanol–water partition coefficient (Wildman–Crippen LogP) is 4.72. The van der Waals surface area contributed by atoms with E-state index in [1.54, 1.807) is 12.3 Å². The lowest BCUT2D eigenvalue weighted by atomic mass is 10.1. The van der Waals surface area contributed by atoms with Gasteiger partial charge in [0.05, 0.1) is 12.2 Å². The first kappa shape index (κ1) is 20.4. The molecule has 0 aliphatic carbocycles. The molecule has 1 aliphatic heterocycles. The molecule has 1 unspecified atom stereocenters. The van der Waals surface area contributed by atoms with Gasteiger partial charge in [0, 0.05) is 23.6 Å². The zero-order valence-corrected chi connectivity index (χ0v) is 17.2. The number of para-hydroxylation sites is 1. The number of carboxylic acids is 1. The predicted molar refractivity (Wildman–Crippen MR) is 113 cm³/mol. The molecule has 7 heteroatoms. The fourth-order valence-electron chi connectivity index (χ4n) is 3.79. The number of likely N-dealkylation sites (tertiary alicyclic amines) is 1. The van der Waals surface area contributed by atoms with Crippen LogP contribution >= 0.6 is 11.6 Å². The lowest BCUT2D eigenvalue weighted by Crippen LogP contribution is -2.23. The molecular weight excluding hydrogens is 404 g/mol. The molecule has 3 aromatic rings. The Balaban J connectivity index is 1.45. The van der Waals surface area contributed by atoms with E-state index in [-0.39, 0.29) is 12.6 Å². The molecule has 0 spiro atoms. The molecule has 4 rings (SSSR count). The van der Waals surface area contributed by atoms with Crippen LogP contribution in [0, 0.1) is 0 Å². The largest absolute Gasteiger partial charge is 0.482 e. The van der Waals surface area contributed by atoms with Crippen LogP contribution in [0.4, 0.5) is 0 Å². The first-order valence-corrected chi connectivity index (χ1v) is 10.3. The topological polar surface area (TPSA) is 75.8 Å². The van der Waals surface area contributed by atoms with Gasteiger partial charge in [0.15, 0.2) is 6.61 Å². The number of carbonyl (C=O) groups is 1. The van der Waals surface area contributed by atoms with Gasteiger partial charge in [-0.3, -0.25) is 4.90 Å². The van der Waals surface area contributed by atoms with Crippen LogP contribution in [0.5, 0.6) is 5.75 Å². The molecule has 0 radical (unpaired) electrons. The highest BCUT2D eigenvalue weighted by Gasteiger charge is 2.30. The van der Waals surface area contributed by atoms with Crippen molar-refractivity contribution in [2.45, 2.75) is 31.8 Å². The number of aliphatic carboxylic acids is 1. The summed E-state index contributed by atoms with van der Waals surface area (Å²) in [5.41, 5.74) is 2.08. The highest BCUT2D eigenvalue weighted by atomic mass is 35.5. The zero-order chi connectivity index (χ0) is 20.9. The van der Waals surface area contributed by atoms with Crippen molar-refractivity contribution in [1.82, 2.24) is 9.88 Å². The quantitative estimate of drug-likeness (QED) is 0.561. The fraction of sp³-hybridized carbons (Fsp3) is 0.304. The molecule has 1 atom stereocenters. The Labute approximate surface area is 180 Å². The van der Waals surface area contributed by atoms with E-state index in [1.807, 2.05) is 42.5 Å². The minimum absolute atomic E-state index is 0.0940. The Hall–Kier alpha value is -2.83. The van der Waals surface area contributed by atoms with E-state index in [0.29, 0.717) is 23.7 Å². The van der Waals surface area contributed by atoms with Crippen LogP contribution in [0.25, 0.3) is 0 Å². The molecule has 1 fully saturated rings. The first-order chi connectivity index (χ1) is 14.6. The molecule has 30 heavy (non-hydrogen) atoms. The van der Waals surface area contributed by atoms with Crippen molar-refractivity contribution in [3.63, 3.8) is 0 Å². The molecule has 0 saturated carbocycles. The van der Waals surface area contributed by atoms with Crippen LogP contribution in [0.15, 0.2) is 59.1 Å². The first-order valence-electron chi connectivity index (χ1n) is 9.94. The monoisotopic (exact) mass is 426 g/mol. The minimum atomic E-state index is -0.989. The molecule has 6 nitrogen and oxygen atoms in total. The molecule has 1 N–H and O–H groups in total. The SMILES string of the molecule is O=C(O)COc1ccccc1CN1CCCC1c1ncc(Cc2ccc(Cl)cc2)o1. The van der Waals surface area contributed by atoms with Gasteiger partial charge in [0.2, 0.25) is 5.89 Å². The summed E-state index contributed by atoms with van der Waals surface area (Å²) in [6, 6.07) is 15.4. The number of halogens is 1. The minimum Gasteiger partial charge on any atom is -0.482 e. The van der Waals surface area contributed by atoms with Crippen LogP contribution in [0.3, 0.4) is 0 Å². The molecule has 0 bridgehead atoms. The molecule has 156 valence electrons. The van der Waals surface area contributed by atoms with Crippen molar-refractivity contribution >= 4 is 17.6 Å². The molecule has 2 heterocycles. The van der Waals surface area contributed by atoms with Gasteiger partial charge in [-0.05, 0) is 43.1 Å². The summed E-state index contributed by atoms with van der Waals surface area (Å²) in [7, 11) is 0. The third-order valence-corrected chi connectivity index (χ3v) is 5.46. The summed E-state index contributed by atoms with van der Waals surface area (Å²) in [5.74, 6) is 1.16. The number of hydrogen-bond acceptors (Lipinski definition) is 5. The van der Waals surface area contributed by atoms with Crippen molar-refractivity contribution in [2.24, 2.45) is 0 Å². The van der Waals surface area contributed by atoms with E-state index in [9.17, 15) is 4.79 Å². The summed E-state index contributed by atoms with van der Waals surface area (Å²) in [5, 5.41) is 9.61. The second kappa shape index (κ2) is 9.32. The maximum absolute atomic E-state index is 10.9. The second-order valence-electron chi connectivity index (χ2n) is 7.39. The zero-order valence-electron chi connectivity index (χ0n) is 16.5. The number of rotatable bonds is 8. The summed E-state index contributed by atoms with van der Waals surface area (Å²) < 4.78 is 11.5. The van der Waals surface area contributed by atoms with Crippen LogP contribution in [-0.2, 0) is 17.8 Å². The molecule has 1 saturated heterocycles. The number of hydrogen-bond donors (Lipinski definition) is 1. The van der Waals surface area contributed by atoms with Crippen molar-refractivity contribution in [3.05, 3.63) is 82.5 Å². The van der Waals surface area contributed by atoms with Gasteiger partial charge < -0.3 is 14.3 Å². The molecular formula is C23H23ClN2O4. The van der Waals surface area contributed by atoms with Crippen molar-refractivity contribution in [3.8, 4) is 5.75 Å². The molecule has 0 amide bonds. The van der Waals surface area contributed by atoms with Gasteiger partial charge >= 0.3 is 5.97 Å². The number of oxazole rings is 1. The number of nitrogens with zero attached hydrogens (tertiary/aromatic N) is 2. The third kappa shape index (κ3) is 5.01. The van der Waals surface area contributed by atoms with Crippen LogP contribution in [-0.4, -0.2) is 34.1 Å². The van der Waals surface area contributed by atoms with E-state index in [1.165, 1.54) is 0 Å². The van der Waals surface area contributed by atoms with Gasteiger partial charge in [0.25, 0.3) is 0 Å². The standard InChI is InChI=1S/C23H23ClN2O4/c24-18-9-7-16(8-10-18)12-19-13-25-23(30-19)20-5-3-11-26(20)14-17-4-1-2-6-21(17)29-15-22(27)28/h1-2,4,6-10,13,20H,3,5,11-12,14-15H2,(H,27,28). The van der Waals surface area contributed by atoms with Crippen molar-refractivity contribution < 1.29 is 19.1 Å². The van der Waals surface area contributed by atoms with Crippen LogP contribution < -0.4 is 4.74 Å². The number of carboxylic acid groups (broad SMARTS) is 1. The number of benzene rings is 2. The summed E-state index contributed by atoms with van der Waals surface area (Å²) in [6.45, 7) is 1.22. The summed E-state index contributed by atoms with van der Waals surface area (Å²) >= 11 is 5.95. The van der Waals surface area contributed by atoms with E-state index >= 15 is 0 Å². The normalized spacial score (nSPS) is 16.6. The van der Waals surface area contributed by atoms with Gasteiger partial charge in [0.1, 0.15) is 11.5 Å². The Morgan fingerprint density at radius 1 is 1.23 bits per heavy atom. The Morgan fingerprint density at radius 3 is 2.83 bits per heavy atom. The average Bonchev–Trinajstić information content (AvgIpc) is 3.38. The van der Waals surface area contributed by atoms with E-state index < -0.39 is 5.97 Å². The second-order valence-corrected chi connectivity index (χ2v) is 7.82. The van der Waals surface area contributed by atoms with Gasteiger partial charge in [-0.25, -0.2) is 9.78 Å². The Morgan fingerprint density at radius 2 is 2.03 bits per heavy atom. The molecule has 2 aromatic carbocycles. The van der Waals surface area contributed by atoms with Crippen molar-refractivity contribution in [2.75, 3.05) is 13.2 Å². The van der Waals surface area contributed by atoms with Gasteiger partial charge in [-0.15, -0.1) is 0 Å². The molecule has 1 aromatic heterocycles. The van der Waals surface area contributed by atoms with Crippen molar-refractivity contribution in [1.29, 1.82) is 0 Å². The summed E-state index contributed by atoms with van der Waals surface area (Å²) in [6.07, 6.45) is 4.49. The lowest BCUT2D eigenvalue weighted by molar-refractivity contribution is -0.139. The number of ether oxygens (including phenoxy) is 1. The van der Waals surface area contributed by atoms with Crippen LogP contribution in [0.1, 0.15) is 41.7 Å². The van der Waals surface area contributed by atoms with E-state index in [4.69, 9.17) is 25.9 Å². The highest BCUT2D eigenvalue weighted by molar-refractivity contribution is 6.30. The van der Waals surface area contributed by atoms with Crippen LogP contribution in [0.2, 0.25) is 5.02 Å².